The number of aliphatic carboxylic acids is 2. The molecular formula is C7H8Na2O4. The quantitative estimate of drug-likeness (QED) is 0.327. The fourth-order valence-corrected chi connectivity index (χ4v) is 0.665. The molecule has 1 atom stereocenters. The number of carbonyl (C=O) groups is 2. The molecule has 0 spiro atoms. The summed E-state index contributed by atoms with van der Waals surface area (Å²) in [6, 6.07) is 0. The van der Waals surface area contributed by atoms with Crippen molar-refractivity contribution in [3.05, 3.63) is 12.7 Å². The molecule has 0 amide bonds. The third-order valence-corrected chi connectivity index (χ3v) is 1.20. The molecule has 0 N–H and O–H groups in total. The Morgan fingerprint density at radius 1 is 1.31 bits per heavy atom. The molecule has 0 saturated heterocycles. The zero-order chi connectivity index (χ0) is 8.85. The second-order valence-electron chi connectivity index (χ2n) is 2.12. The van der Waals surface area contributed by atoms with Gasteiger partial charge < -0.3 is 19.8 Å². The third-order valence-electron chi connectivity index (χ3n) is 1.20. The van der Waals surface area contributed by atoms with Gasteiger partial charge in [0, 0.05) is 17.9 Å². The van der Waals surface area contributed by atoms with Crippen LogP contribution in [0.2, 0.25) is 0 Å². The Balaban J connectivity index is -0.000000500. The van der Waals surface area contributed by atoms with Crippen LogP contribution in [0.5, 0.6) is 0 Å². The average Bonchev–Trinajstić information content (AvgIpc) is 1.86. The number of carbonyl (C=O) groups excluding carboxylic acids is 2. The molecule has 0 aliphatic rings. The van der Waals surface area contributed by atoms with E-state index in [2.05, 4.69) is 6.58 Å². The molecule has 0 saturated carbocycles. The number of allylic oxidation sites excluding steroid dienone is 1. The number of carboxylic acid groups (broad SMARTS) is 2. The second kappa shape index (κ2) is 10.8. The molecule has 1 unspecified atom stereocenters. The van der Waals surface area contributed by atoms with Crippen LogP contribution in [-0.2, 0) is 9.59 Å². The summed E-state index contributed by atoms with van der Waals surface area (Å²) in [4.78, 5) is 20.1. The molecule has 0 aromatic rings. The second-order valence-corrected chi connectivity index (χ2v) is 2.12. The Bertz CT molecular complexity index is 181. The molecule has 4 nitrogen and oxygen atoms in total. The summed E-state index contributed by atoms with van der Waals surface area (Å²) in [6.45, 7) is 3.29. The summed E-state index contributed by atoms with van der Waals surface area (Å²) in [5.41, 5.74) is 0. The molecular weight excluding hydrogens is 194 g/mol. The summed E-state index contributed by atoms with van der Waals surface area (Å²) in [7, 11) is 0. The van der Waals surface area contributed by atoms with Crippen molar-refractivity contribution in [1.82, 2.24) is 0 Å². The van der Waals surface area contributed by atoms with Gasteiger partial charge in [0.2, 0.25) is 0 Å². The van der Waals surface area contributed by atoms with Crippen molar-refractivity contribution in [2.24, 2.45) is 5.92 Å². The summed E-state index contributed by atoms with van der Waals surface area (Å²) in [6.07, 6.45) is 0.911. The van der Waals surface area contributed by atoms with Crippen LogP contribution in [0.15, 0.2) is 12.7 Å². The SMILES string of the molecule is C=CCC(CC(=O)[O-])C(=O)[O-].[Na+].[Na+]. The van der Waals surface area contributed by atoms with E-state index in [-0.39, 0.29) is 65.5 Å². The Morgan fingerprint density at radius 2 is 1.77 bits per heavy atom. The minimum Gasteiger partial charge on any atom is -0.550 e. The topological polar surface area (TPSA) is 80.3 Å². The van der Waals surface area contributed by atoms with Gasteiger partial charge in [0.1, 0.15) is 0 Å². The Labute approximate surface area is 121 Å². The van der Waals surface area contributed by atoms with E-state index in [0.29, 0.717) is 0 Å². The van der Waals surface area contributed by atoms with E-state index in [0.717, 1.165) is 0 Å². The maximum absolute atomic E-state index is 10.2. The van der Waals surface area contributed by atoms with Gasteiger partial charge in [-0.1, -0.05) is 6.08 Å². The van der Waals surface area contributed by atoms with Crippen molar-refractivity contribution < 1.29 is 78.9 Å². The summed E-state index contributed by atoms with van der Waals surface area (Å²) in [5, 5.41) is 20.1. The Morgan fingerprint density at radius 3 is 2.00 bits per heavy atom. The van der Waals surface area contributed by atoms with E-state index >= 15 is 0 Å². The Hall–Kier alpha value is 0.680. The van der Waals surface area contributed by atoms with Gasteiger partial charge in [-0.3, -0.25) is 0 Å². The maximum Gasteiger partial charge on any atom is 1.00 e. The van der Waals surface area contributed by atoms with Crippen LogP contribution >= 0.6 is 0 Å². The van der Waals surface area contributed by atoms with Crippen molar-refractivity contribution in [1.29, 1.82) is 0 Å². The van der Waals surface area contributed by atoms with Crippen molar-refractivity contribution in [3.8, 4) is 0 Å². The number of carboxylic acids is 2. The van der Waals surface area contributed by atoms with E-state index in [1.807, 2.05) is 0 Å². The first-order valence-electron chi connectivity index (χ1n) is 3.09. The van der Waals surface area contributed by atoms with Gasteiger partial charge in [0.05, 0.1) is 0 Å². The first kappa shape index (κ1) is 19.3. The molecule has 0 aromatic carbocycles. The molecule has 0 aromatic heterocycles. The largest absolute Gasteiger partial charge is 1.00 e. The molecule has 0 bridgehead atoms. The standard InChI is InChI=1S/C7H10O4.2Na/c1-2-3-5(7(10)11)4-6(8)9;;/h2,5H,1,3-4H2,(H,8,9)(H,10,11);;/q;2*+1/p-2. The maximum atomic E-state index is 10.2. The average molecular weight is 202 g/mol. The van der Waals surface area contributed by atoms with Crippen LogP contribution in [0, 0.1) is 5.92 Å². The number of hydrogen-bond acceptors (Lipinski definition) is 4. The van der Waals surface area contributed by atoms with Crippen molar-refractivity contribution in [2.75, 3.05) is 0 Å². The summed E-state index contributed by atoms with van der Waals surface area (Å²) < 4.78 is 0. The molecule has 6 heteroatoms. The summed E-state index contributed by atoms with van der Waals surface area (Å²) >= 11 is 0. The zero-order valence-corrected chi connectivity index (χ0v) is 11.9. The third kappa shape index (κ3) is 10.6. The first-order chi connectivity index (χ1) is 5.07. The minimum atomic E-state index is -1.39. The van der Waals surface area contributed by atoms with Gasteiger partial charge >= 0.3 is 59.1 Å². The van der Waals surface area contributed by atoms with Crippen LogP contribution in [0.4, 0.5) is 0 Å². The van der Waals surface area contributed by atoms with Crippen LogP contribution in [0.1, 0.15) is 12.8 Å². The van der Waals surface area contributed by atoms with Crippen molar-refractivity contribution in [2.45, 2.75) is 12.8 Å². The van der Waals surface area contributed by atoms with Crippen molar-refractivity contribution >= 4 is 11.9 Å². The first-order valence-corrected chi connectivity index (χ1v) is 3.09. The van der Waals surface area contributed by atoms with Gasteiger partial charge in [0.25, 0.3) is 0 Å². The van der Waals surface area contributed by atoms with E-state index in [4.69, 9.17) is 0 Å². The van der Waals surface area contributed by atoms with Crippen LogP contribution in [-0.4, -0.2) is 11.9 Å². The molecule has 0 heterocycles. The van der Waals surface area contributed by atoms with Crippen molar-refractivity contribution in [3.63, 3.8) is 0 Å². The van der Waals surface area contributed by atoms with Gasteiger partial charge in [-0.2, -0.15) is 0 Å². The zero-order valence-electron chi connectivity index (χ0n) is 7.91. The molecule has 0 fully saturated rings. The molecule has 13 heavy (non-hydrogen) atoms. The van der Waals surface area contributed by atoms with E-state index in [9.17, 15) is 19.8 Å². The fourth-order valence-electron chi connectivity index (χ4n) is 0.665. The van der Waals surface area contributed by atoms with E-state index < -0.39 is 24.3 Å². The molecule has 0 radical (unpaired) electrons. The molecule has 0 aliphatic carbocycles. The van der Waals surface area contributed by atoms with E-state index in [1.54, 1.807) is 0 Å². The monoisotopic (exact) mass is 202 g/mol. The molecule has 0 aliphatic heterocycles. The van der Waals surface area contributed by atoms with Gasteiger partial charge in [-0.15, -0.1) is 6.58 Å². The van der Waals surface area contributed by atoms with Crippen LogP contribution in [0.3, 0.4) is 0 Å². The van der Waals surface area contributed by atoms with Gasteiger partial charge in [-0.05, 0) is 12.8 Å². The van der Waals surface area contributed by atoms with E-state index in [1.165, 1.54) is 6.08 Å². The fraction of sp³-hybridized carbons (Fsp3) is 0.429. The summed E-state index contributed by atoms with van der Waals surface area (Å²) in [5.74, 6) is -3.78. The number of rotatable bonds is 5. The Kier molecular flexibility index (Phi) is 16.0. The van der Waals surface area contributed by atoms with Gasteiger partial charge in [0.15, 0.2) is 0 Å². The minimum absolute atomic E-state index is 0. The van der Waals surface area contributed by atoms with Crippen LogP contribution < -0.4 is 69.3 Å². The molecule has 62 valence electrons. The molecule has 0 rings (SSSR count). The van der Waals surface area contributed by atoms with Gasteiger partial charge in [-0.25, -0.2) is 0 Å². The normalized spacial score (nSPS) is 10.2. The smallest absolute Gasteiger partial charge is 0.550 e. The van der Waals surface area contributed by atoms with Crippen LogP contribution in [0.25, 0.3) is 0 Å². The predicted octanol–water partition coefficient (Wildman–Crippen LogP) is -7.92. The predicted molar refractivity (Wildman–Crippen MR) is 32.9 cm³/mol. The number of hydrogen-bond donors (Lipinski definition) is 0.